The molecule has 4 N–H and O–H groups in total. The number of nitrogens with two attached hydrogens (primary N) is 1. The summed E-state index contributed by atoms with van der Waals surface area (Å²) in [5, 5.41) is 2.87. The smallest absolute Gasteiger partial charge is 0.262 e. The predicted octanol–water partition coefficient (Wildman–Crippen LogP) is -0.368. The molecule has 0 fully saturated rings. The van der Waals surface area contributed by atoms with E-state index in [-0.39, 0.29) is 19.1 Å². The van der Waals surface area contributed by atoms with Crippen LogP contribution in [-0.4, -0.2) is 25.0 Å². The Morgan fingerprint density at radius 3 is 2.56 bits per heavy atom. The number of amides is 2. The van der Waals surface area contributed by atoms with E-state index < -0.39 is 5.91 Å². The fourth-order valence-electron chi connectivity index (χ4n) is 0.962. The van der Waals surface area contributed by atoms with Gasteiger partial charge in [-0.15, -0.1) is 0 Å². The molecule has 0 aliphatic carbocycles. The Bertz CT molecular complexity index is 354. The van der Waals surface area contributed by atoms with Crippen LogP contribution < -0.4 is 16.5 Å². The molecule has 1 aromatic rings. The molecule has 0 bridgehead atoms. The van der Waals surface area contributed by atoms with Gasteiger partial charge in [0.15, 0.2) is 6.61 Å². The molecule has 2 amide bonds. The van der Waals surface area contributed by atoms with E-state index in [9.17, 15) is 9.59 Å². The number of rotatable bonds is 6. The Hall–Kier alpha value is -2.08. The van der Waals surface area contributed by atoms with Crippen LogP contribution in [-0.2, 0) is 14.4 Å². The second-order valence-electron chi connectivity index (χ2n) is 3.00. The molecule has 0 heterocycles. The van der Waals surface area contributed by atoms with Gasteiger partial charge in [-0.05, 0) is 12.1 Å². The number of nitrogens with one attached hydrogen (secondary N) is 2. The first kappa shape index (κ1) is 12.0. The van der Waals surface area contributed by atoms with E-state index in [4.69, 9.17) is 5.73 Å². The third-order valence-electron chi connectivity index (χ3n) is 1.63. The highest BCUT2D eigenvalue weighted by molar-refractivity contribution is 5.80. The van der Waals surface area contributed by atoms with Crippen molar-refractivity contribution in [2.45, 2.75) is 0 Å². The summed E-state index contributed by atoms with van der Waals surface area (Å²) in [4.78, 5) is 26.0. The molecule has 0 spiro atoms. The molecule has 1 aromatic carbocycles. The minimum atomic E-state index is -0.642. The second kappa shape index (κ2) is 6.41. The number of hydrogen-bond acceptors (Lipinski definition) is 4. The molecule has 6 nitrogen and oxygen atoms in total. The van der Waals surface area contributed by atoms with Crippen molar-refractivity contribution in [1.82, 2.24) is 5.48 Å². The van der Waals surface area contributed by atoms with E-state index in [1.807, 2.05) is 30.3 Å². The molecule has 0 atom stereocenters. The van der Waals surface area contributed by atoms with Gasteiger partial charge < -0.3 is 11.1 Å². The van der Waals surface area contributed by atoms with Crippen LogP contribution in [0.2, 0.25) is 0 Å². The second-order valence-corrected chi connectivity index (χ2v) is 3.00. The molecular weight excluding hydrogens is 210 g/mol. The zero-order valence-corrected chi connectivity index (χ0v) is 8.60. The van der Waals surface area contributed by atoms with Crippen LogP contribution in [0.25, 0.3) is 0 Å². The summed E-state index contributed by atoms with van der Waals surface area (Å²) in [5.74, 6) is -1.03. The van der Waals surface area contributed by atoms with E-state index in [0.29, 0.717) is 0 Å². The van der Waals surface area contributed by atoms with E-state index in [1.165, 1.54) is 0 Å². The molecule has 0 aliphatic heterocycles. The quantitative estimate of drug-likeness (QED) is 0.574. The molecule has 16 heavy (non-hydrogen) atoms. The maximum atomic E-state index is 11.1. The number of anilines is 1. The van der Waals surface area contributed by atoms with Crippen molar-refractivity contribution in [2.24, 2.45) is 5.73 Å². The number of hydroxylamine groups is 1. The van der Waals surface area contributed by atoms with Gasteiger partial charge in [0, 0.05) is 5.69 Å². The number of para-hydroxylation sites is 1. The van der Waals surface area contributed by atoms with Crippen LogP contribution in [0, 0.1) is 0 Å². The third-order valence-corrected chi connectivity index (χ3v) is 1.63. The van der Waals surface area contributed by atoms with Crippen molar-refractivity contribution in [3.05, 3.63) is 30.3 Å². The molecule has 6 heteroatoms. The van der Waals surface area contributed by atoms with Crippen LogP contribution in [0.4, 0.5) is 5.69 Å². The summed E-state index contributed by atoms with van der Waals surface area (Å²) in [5.41, 5.74) is 7.72. The number of benzene rings is 1. The first-order valence-corrected chi connectivity index (χ1v) is 4.66. The Labute approximate surface area is 92.7 Å². The fraction of sp³-hybridized carbons (Fsp3) is 0.200. The van der Waals surface area contributed by atoms with Crippen LogP contribution >= 0.6 is 0 Å². The Balaban J connectivity index is 2.18. The maximum Gasteiger partial charge on any atom is 0.262 e. The average Bonchev–Trinajstić information content (AvgIpc) is 2.27. The lowest BCUT2D eigenvalue weighted by atomic mass is 10.3. The summed E-state index contributed by atoms with van der Waals surface area (Å²) >= 11 is 0. The van der Waals surface area contributed by atoms with Gasteiger partial charge in [-0.1, -0.05) is 18.2 Å². The first-order valence-electron chi connectivity index (χ1n) is 4.66. The summed E-state index contributed by atoms with van der Waals surface area (Å²) < 4.78 is 0. The summed E-state index contributed by atoms with van der Waals surface area (Å²) in [7, 11) is 0. The van der Waals surface area contributed by atoms with Crippen molar-refractivity contribution in [1.29, 1.82) is 0 Å². The lowest BCUT2D eigenvalue weighted by molar-refractivity contribution is -0.136. The van der Waals surface area contributed by atoms with Crippen molar-refractivity contribution in [2.75, 3.05) is 18.5 Å². The molecule has 0 radical (unpaired) electrons. The van der Waals surface area contributed by atoms with Gasteiger partial charge in [0.1, 0.15) is 0 Å². The van der Waals surface area contributed by atoms with E-state index in [2.05, 4.69) is 15.6 Å². The maximum absolute atomic E-state index is 11.1. The Morgan fingerprint density at radius 2 is 1.94 bits per heavy atom. The normalized spacial score (nSPS) is 9.50. The Kier molecular flexibility index (Phi) is 4.81. The topological polar surface area (TPSA) is 93.5 Å². The van der Waals surface area contributed by atoms with Crippen molar-refractivity contribution >= 4 is 17.5 Å². The fourth-order valence-corrected chi connectivity index (χ4v) is 0.962. The van der Waals surface area contributed by atoms with Crippen LogP contribution in [0.3, 0.4) is 0 Å². The molecule has 0 aliphatic rings. The van der Waals surface area contributed by atoms with Gasteiger partial charge >= 0.3 is 0 Å². The van der Waals surface area contributed by atoms with Crippen molar-refractivity contribution in [3.63, 3.8) is 0 Å². The highest BCUT2D eigenvalue weighted by Gasteiger charge is 2.01. The number of hydrogen-bond donors (Lipinski definition) is 3. The summed E-state index contributed by atoms with van der Waals surface area (Å²) in [6.07, 6.45) is 0. The molecule has 0 saturated heterocycles. The molecular formula is C10H13N3O3. The molecule has 0 saturated carbocycles. The van der Waals surface area contributed by atoms with Gasteiger partial charge in [0.2, 0.25) is 5.91 Å². The van der Waals surface area contributed by atoms with Gasteiger partial charge in [0.25, 0.3) is 5.91 Å². The highest BCUT2D eigenvalue weighted by Crippen LogP contribution is 2.03. The standard InChI is InChI=1S/C10H13N3O3/c11-9(14)7-16-13-10(15)6-12-8-4-2-1-3-5-8/h1-5,12H,6-7H2,(H2,11,14)(H,13,15). The van der Waals surface area contributed by atoms with Crippen molar-refractivity contribution in [3.8, 4) is 0 Å². The van der Waals surface area contributed by atoms with E-state index in [0.717, 1.165) is 5.69 Å². The SMILES string of the molecule is NC(=O)CONC(=O)CNc1ccccc1. The predicted molar refractivity (Wildman–Crippen MR) is 58.2 cm³/mol. The van der Waals surface area contributed by atoms with Crippen LogP contribution in [0.5, 0.6) is 0 Å². The average molecular weight is 223 g/mol. The highest BCUT2D eigenvalue weighted by atomic mass is 16.7. The minimum absolute atomic E-state index is 0.0583. The third kappa shape index (κ3) is 4.97. The largest absolute Gasteiger partial charge is 0.376 e. The molecule has 0 unspecified atom stereocenters. The van der Waals surface area contributed by atoms with E-state index >= 15 is 0 Å². The molecule has 1 rings (SSSR count). The molecule has 86 valence electrons. The first-order chi connectivity index (χ1) is 7.68. The zero-order chi connectivity index (χ0) is 11.8. The molecule has 0 aromatic heterocycles. The number of primary amides is 1. The summed E-state index contributed by atoms with van der Waals surface area (Å²) in [6.45, 7) is -0.278. The van der Waals surface area contributed by atoms with Gasteiger partial charge in [-0.3, -0.25) is 14.4 Å². The van der Waals surface area contributed by atoms with Gasteiger partial charge in [-0.25, -0.2) is 5.48 Å². The van der Waals surface area contributed by atoms with Crippen LogP contribution in [0.15, 0.2) is 30.3 Å². The lowest BCUT2D eigenvalue weighted by Gasteiger charge is -2.06. The van der Waals surface area contributed by atoms with Gasteiger partial charge in [0.05, 0.1) is 6.54 Å². The number of carbonyl (C=O) groups is 2. The Morgan fingerprint density at radius 1 is 1.25 bits per heavy atom. The van der Waals surface area contributed by atoms with Crippen LogP contribution in [0.1, 0.15) is 0 Å². The monoisotopic (exact) mass is 223 g/mol. The van der Waals surface area contributed by atoms with E-state index in [1.54, 1.807) is 0 Å². The number of carbonyl (C=O) groups excluding carboxylic acids is 2. The lowest BCUT2D eigenvalue weighted by Crippen LogP contribution is -2.33. The minimum Gasteiger partial charge on any atom is -0.376 e. The summed E-state index contributed by atoms with van der Waals surface area (Å²) in [6, 6.07) is 9.24. The van der Waals surface area contributed by atoms with Crippen molar-refractivity contribution < 1.29 is 14.4 Å². The van der Waals surface area contributed by atoms with Gasteiger partial charge in [-0.2, -0.15) is 0 Å². The zero-order valence-electron chi connectivity index (χ0n) is 8.60.